The first-order valence-electron chi connectivity index (χ1n) is 7.23. The highest BCUT2D eigenvalue weighted by molar-refractivity contribution is 5.91. The average Bonchev–Trinajstić information content (AvgIpc) is 3.06. The second-order valence-corrected chi connectivity index (χ2v) is 5.11. The number of aldehydes is 1. The average molecular weight is 331 g/mol. The monoisotopic (exact) mass is 331 g/mol. The minimum absolute atomic E-state index is 0.101. The molecule has 1 amide bonds. The SMILES string of the molecule is CN(CCC(=O)O)C(=O)c1ccc(COc2ccc(C=O)cc2)o1. The van der Waals surface area contributed by atoms with Gasteiger partial charge in [0.1, 0.15) is 24.4 Å². The first kappa shape index (κ1) is 17.3. The molecule has 0 atom stereocenters. The fourth-order valence-electron chi connectivity index (χ4n) is 1.92. The van der Waals surface area contributed by atoms with Crippen LogP contribution in [0.4, 0.5) is 0 Å². The normalized spacial score (nSPS) is 10.2. The summed E-state index contributed by atoms with van der Waals surface area (Å²) >= 11 is 0. The first-order chi connectivity index (χ1) is 11.5. The van der Waals surface area contributed by atoms with Crippen LogP contribution >= 0.6 is 0 Å². The second kappa shape index (κ2) is 7.96. The highest BCUT2D eigenvalue weighted by Gasteiger charge is 2.16. The molecule has 0 spiro atoms. The number of benzene rings is 1. The fourth-order valence-corrected chi connectivity index (χ4v) is 1.92. The Morgan fingerprint density at radius 1 is 1.21 bits per heavy atom. The fraction of sp³-hybridized carbons (Fsp3) is 0.235. The van der Waals surface area contributed by atoms with E-state index in [4.69, 9.17) is 14.3 Å². The van der Waals surface area contributed by atoms with Crippen LogP contribution in [0.2, 0.25) is 0 Å². The molecule has 0 radical (unpaired) electrons. The van der Waals surface area contributed by atoms with E-state index in [0.717, 1.165) is 6.29 Å². The summed E-state index contributed by atoms with van der Waals surface area (Å²) in [5, 5.41) is 8.63. The number of furan rings is 1. The van der Waals surface area contributed by atoms with E-state index in [-0.39, 0.29) is 25.3 Å². The molecule has 0 aliphatic heterocycles. The zero-order valence-electron chi connectivity index (χ0n) is 13.1. The van der Waals surface area contributed by atoms with Crippen molar-refractivity contribution in [2.24, 2.45) is 0 Å². The Morgan fingerprint density at radius 2 is 1.92 bits per heavy atom. The lowest BCUT2D eigenvalue weighted by Gasteiger charge is -2.13. The molecule has 1 aromatic heterocycles. The Balaban J connectivity index is 1.90. The van der Waals surface area contributed by atoms with E-state index in [1.807, 2.05) is 0 Å². The van der Waals surface area contributed by atoms with E-state index in [1.54, 1.807) is 30.3 Å². The molecule has 1 heterocycles. The minimum Gasteiger partial charge on any atom is -0.486 e. The lowest BCUT2D eigenvalue weighted by Crippen LogP contribution is -2.28. The molecule has 2 aromatic rings. The van der Waals surface area contributed by atoms with E-state index in [2.05, 4.69) is 0 Å². The highest BCUT2D eigenvalue weighted by atomic mass is 16.5. The third-order valence-electron chi connectivity index (χ3n) is 3.28. The predicted octanol–water partition coefficient (Wildman–Crippen LogP) is 2.22. The largest absolute Gasteiger partial charge is 0.486 e. The number of amides is 1. The summed E-state index contributed by atoms with van der Waals surface area (Å²) in [6.45, 7) is 0.232. The predicted molar refractivity (Wildman–Crippen MR) is 84.1 cm³/mol. The number of carbonyl (C=O) groups excluding carboxylic acids is 2. The van der Waals surface area contributed by atoms with Crippen molar-refractivity contribution >= 4 is 18.2 Å². The lowest BCUT2D eigenvalue weighted by molar-refractivity contribution is -0.137. The van der Waals surface area contributed by atoms with Gasteiger partial charge in [-0.2, -0.15) is 0 Å². The van der Waals surface area contributed by atoms with Crippen LogP contribution in [0.3, 0.4) is 0 Å². The van der Waals surface area contributed by atoms with E-state index >= 15 is 0 Å². The van der Waals surface area contributed by atoms with E-state index < -0.39 is 11.9 Å². The Labute approximate surface area is 138 Å². The van der Waals surface area contributed by atoms with Crippen LogP contribution in [-0.4, -0.2) is 41.8 Å². The van der Waals surface area contributed by atoms with E-state index in [9.17, 15) is 14.4 Å². The van der Waals surface area contributed by atoms with Gasteiger partial charge in [0.05, 0.1) is 6.42 Å². The molecule has 0 saturated heterocycles. The summed E-state index contributed by atoms with van der Waals surface area (Å²) in [4.78, 5) is 34.5. The molecule has 0 aliphatic rings. The van der Waals surface area contributed by atoms with Gasteiger partial charge in [0.15, 0.2) is 5.76 Å². The van der Waals surface area contributed by atoms with Crippen molar-refractivity contribution in [3.63, 3.8) is 0 Å². The van der Waals surface area contributed by atoms with E-state index in [0.29, 0.717) is 17.1 Å². The third-order valence-corrected chi connectivity index (χ3v) is 3.28. The van der Waals surface area contributed by atoms with Crippen molar-refractivity contribution < 1.29 is 28.6 Å². The van der Waals surface area contributed by atoms with Gasteiger partial charge in [0, 0.05) is 19.2 Å². The van der Waals surface area contributed by atoms with Gasteiger partial charge >= 0.3 is 5.97 Å². The van der Waals surface area contributed by atoms with Crippen LogP contribution < -0.4 is 4.74 Å². The van der Waals surface area contributed by atoms with Crippen LogP contribution in [0.1, 0.15) is 33.1 Å². The van der Waals surface area contributed by atoms with Crippen molar-refractivity contribution in [3.8, 4) is 5.75 Å². The van der Waals surface area contributed by atoms with Gasteiger partial charge in [0.2, 0.25) is 0 Å². The maximum atomic E-state index is 12.1. The molecule has 0 unspecified atom stereocenters. The van der Waals surface area contributed by atoms with E-state index in [1.165, 1.54) is 18.0 Å². The van der Waals surface area contributed by atoms with Crippen molar-refractivity contribution in [3.05, 3.63) is 53.5 Å². The zero-order chi connectivity index (χ0) is 17.5. The van der Waals surface area contributed by atoms with Crippen LogP contribution in [0.25, 0.3) is 0 Å². The van der Waals surface area contributed by atoms with Crippen molar-refractivity contribution in [2.75, 3.05) is 13.6 Å². The Bertz CT molecular complexity index is 719. The quantitative estimate of drug-likeness (QED) is 0.745. The number of nitrogens with zero attached hydrogens (tertiary/aromatic N) is 1. The maximum absolute atomic E-state index is 12.1. The van der Waals surface area contributed by atoms with Crippen LogP contribution in [0.15, 0.2) is 40.8 Å². The van der Waals surface area contributed by atoms with Gasteiger partial charge in [-0.1, -0.05) is 0 Å². The number of carboxylic acid groups (broad SMARTS) is 1. The van der Waals surface area contributed by atoms with Gasteiger partial charge < -0.3 is 19.2 Å². The highest BCUT2D eigenvalue weighted by Crippen LogP contribution is 2.16. The Kier molecular flexibility index (Phi) is 5.73. The number of hydrogen-bond donors (Lipinski definition) is 1. The number of hydrogen-bond acceptors (Lipinski definition) is 5. The van der Waals surface area contributed by atoms with Gasteiger partial charge in [-0.15, -0.1) is 0 Å². The Morgan fingerprint density at radius 3 is 2.54 bits per heavy atom. The minimum atomic E-state index is -0.969. The zero-order valence-corrected chi connectivity index (χ0v) is 13.1. The second-order valence-electron chi connectivity index (χ2n) is 5.11. The summed E-state index contributed by atoms with van der Waals surface area (Å²) in [6, 6.07) is 9.75. The van der Waals surface area contributed by atoms with Crippen molar-refractivity contribution in [2.45, 2.75) is 13.0 Å². The lowest BCUT2D eigenvalue weighted by atomic mass is 10.2. The smallest absolute Gasteiger partial charge is 0.305 e. The first-order valence-corrected chi connectivity index (χ1v) is 7.23. The molecule has 0 fully saturated rings. The van der Waals surface area contributed by atoms with Crippen LogP contribution in [-0.2, 0) is 11.4 Å². The van der Waals surface area contributed by atoms with Gasteiger partial charge in [-0.05, 0) is 36.4 Å². The number of aliphatic carboxylic acids is 1. The van der Waals surface area contributed by atoms with Crippen LogP contribution in [0, 0.1) is 0 Å². The third kappa shape index (κ3) is 4.70. The number of ether oxygens (including phenoxy) is 1. The van der Waals surface area contributed by atoms with Gasteiger partial charge in [-0.3, -0.25) is 14.4 Å². The standard InChI is InChI=1S/C17H17NO6/c1-18(9-8-16(20)21)17(22)15-7-6-14(24-15)11-23-13-4-2-12(10-19)3-5-13/h2-7,10H,8-9,11H2,1H3,(H,20,21). The summed E-state index contributed by atoms with van der Waals surface area (Å²) in [5.74, 6) is -0.202. The van der Waals surface area contributed by atoms with Gasteiger partial charge in [-0.25, -0.2) is 0 Å². The molecular weight excluding hydrogens is 314 g/mol. The molecule has 24 heavy (non-hydrogen) atoms. The van der Waals surface area contributed by atoms with Gasteiger partial charge in [0.25, 0.3) is 5.91 Å². The molecule has 1 N–H and O–H groups in total. The molecule has 7 nitrogen and oxygen atoms in total. The van der Waals surface area contributed by atoms with Crippen LogP contribution in [0.5, 0.6) is 5.75 Å². The molecule has 7 heteroatoms. The number of carboxylic acids is 1. The molecule has 2 rings (SSSR count). The molecule has 0 saturated carbocycles. The molecular formula is C17H17NO6. The summed E-state index contributed by atoms with van der Waals surface area (Å²) in [7, 11) is 1.51. The Hall–Kier alpha value is -3.09. The maximum Gasteiger partial charge on any atom is 0.305 e. The summed E-state index contributed by atoms with van der Waals surface area (Å²) in [5.41, 5.74) is 0.553. The topological polar surface area (TPSA) is 97.0 Å². The summed E-state index contributed by atoms with van der Waals surface area (Å²) in [6.07, 6.45) is 0.616. The van der Waals surface area contributed by atoms with Crippen molar-refractivity contribution in [1.29, 1.82) is 0 Å². The molecule has 126 valence electrons. The summed E-state index contributed by atoms with van der Waals surface area (Å²) < 4.78 is 10.9. The molecule has 0 aliphatic carbocycles. The number of rotatable bonds is 8. The number of carbonyl (C=O) groups is 3. The molecule has 1 aromatic carbocycles. The van der Waals surface area contributed by atoms with Crippen molar-refractivity contribution in [1.82, 2.24) is 4.90 Å². The molecule has 0 bridgehead atoms.